The van der Waals surface area contributed by atoms with E-state index in [0.29, 0.717) is 30.2 Å². The van der Waals surface area contributed by atoms with Crippen LogP contribution < -0.4 is 10.6 Å². The molecule has 0 spiro atoms. The second kappa shape index (κ2) is 10.5. The first-order valence-electron chi connectivity index (χ1n) is 9.61. The van der Waals surface area contributed by atoms with Gasteiger partial charge in [-0.2, -0.15) is 0 Å². The molecule has 1 saturated heterocycles. The molecule has 0 aliphatic carbocycles. The Balaban J connectivity index is 1.55. The molecule has 1 aliphatic heterocycles. The van der Waals surface area contributed by atoms with E-state index in [4.69, 9.17) is 9.47 Å². The smallest absolute Gasteiger partial charge is 0.340 e. The summed E-state index contributed by atoms with van der Waals surface area (Å²) in [5, 5.41) is 5.89. The third-order valence-corrected chi connectivity index (χ3v) is 4.39. The van der Waals surface area contributed by atoms with Gasteiger partial charge in [-0.05, 0) is 19.1 Å². The summed E-state index contributed by atoms with van der Waals surface area (Å²) in [7, 11) is 0. The number of anilines is 2. The Labute approximate surface area is 169 Å². The van der Waals surface area contributed by atoms with E-state index in [2.05, 4.69) is 25.5 Å². The lowest BCUT2D eigenvalue weighted by atomic mass is 10.2. The normalized spacial score (nSPS) is 14.2. The SMILES string of the molecule is CCOC(=O)c1ccccc1Nc1cnc(C(=O)NCCN2CCOCC2)cn1. The number of aromatic nitrogens is 2. The van der Waals surface area contributed by atoms with E-state index in [0.717, 1.165) is 32.8 Å². The van der Waals surface area contributed by atoms with Gasteiger partial charge >= 0.3 is 5.97 Å². The van der Waals surface area contributed by atoms with E-state index in [-0.39, 0.29) is 11.6 Å². The number of hydrogen-bond donors (Lipinski definition) is 2. The Hall–Kier alpha value is -3.04. The maximum absolute atomic E-state index is 12.2. The number of nitrogens with zero attached hydrogens (tertiary/aromatic N) is 3. The molecule has 1 aliphatic rings. The number of carbonyl (C=O) groups excluding carboxylic acids is 2. The molecule has 9 nitrogen and oxygen atoms in total. The van der Waals surface area contributed by atoms with E-state index >= 15 is 0 Å². The molecule has 1 aromatic heterocycles. The molecule has 0 saturated carbocycles. The topological polar surface area (TPSA) is 106 Å². The number of ether oxygens (including phenoxy) is 2. The molecule has 1 amide bonds. The summed E-state index contributed by atoms with van der Waals surface area (Å²) in [6.07, 6.45) is 2.86. The van der Waals surface area contributed by atoms with Gasteiger partial charge in [-0.1, -0.05) is 12.1 Å². The van der Waals surface area contributed by atoms with Crippen LogP contribution in [-0.2, 0) is 9.47 Å². The van der Waals surface area contributed by atoms with E-state index in [9.17, 15) is 9.59 Å². The van der Waals surface area contributed by atoms with Crippen LogP contribution in [0.5, 0.6) is 0 Å². The van der Waals surface area contributed by atoms with Crippen LogP contribution in [0.4, 0.5) is 11.5 Å². The summed E-state index contributed by atoms with van der Waals surface area (Å²) in [6.45, 7) is 6.57. The van der Waals surface area contributed by atoms with Crippen molar-refractivity contribution in [3.63, 3.8) is 0 Å². The van der Waals surface area contributed by atoms with Gasteiger partial charge in [-0.3, -0.25) is 9.69 Å². The first kappa shape index (κ1) is 20.7. The summed E-state index contributed by atoms with van der Waals surface area (Å²) in [6, 6.07) is 6.98. The molecule has 0 radical (unpaired) electrons. The molecule has 0 bridgehead atoms. The number of para-hydroxylation sites is 1. The van der Waals surface area contributed by atoms with Gasteiger partial charge in [0.1, 0.15) is 11.5 Å². The molecule has 29 heavy (non-hydrogen) atoms. The highest BCUT2D eigenvalue weighted by atomic mass is 16.5. The minimum Gasteiger partial charge on any atom is -0.462 e. The molecule has 2 N–H and O–H groups in total. The molecule has 3 rings (SSSR count). The van der Waals surface area contributed by atoms with Crippen LogP contribution in [0, 0.1) is 0 Å². The number of rotatable bonds is 8. The fraction of sp³-hybridized carbons (Fsp3) is 0.400. The molecular formula is C20H25N5O4. The van der Waals surface area contributed by atoms with Crippen molar-refractivity contribution in [2.75, 3.05) is 51.3 Å². The van der Waals surface area contributed by atoms with Crippen LogP contribution in [-0.4, -0.2) is 72.7 Å². The number of esters is 1. The van der Waals surface area contributed by atoms with E-state index < -0.39 is 5.97 Å². The summed E-state index contributed by atoms with van der Waals surface area (Å²) in [5.74, 6) is -0.268. The Morgan fingerprint density at radius 3 is 2.69 bits per heavy atom. The minimum absolute atomic E-state index is 0.233. The standard InChI is InChI=1S/C20H25N5O4/c1-2-29-20(27)15-5-3-4-6-16(15)24-18-14-22-17(13-23-18)19(26)21-7-8-25-9-11-28-12-10-25/h3-6,13-14H,2,7-12H2,1H3,(H,21,26)(H,23,24). The van der Waals surface area contributed by atoms with Crippen molar-refractivity contribution in [3.8, 4) is 0 Å². The van der Waals surface area contributed by atoms with Gasteiger partial charge in [0.05, 0.1) is 43.5 Å². The van der Waals surface area contributed by atoms with Gasteiger partial charge in [0, 0.05) is 26.2 Å². The highest BCUT2D eigenvalue weighted by Gasteiger charge is 2.14. The number of amides is 1. The predicted molar refractivity (Wildman–Crippen MR) is 107 cm³/mol. The van der Waals surface area contributed by atoms with Crippen LogP contribution in [0.3, 0.4) is 0 Å². The summed E-state index contributed by atoms with van der Waals surface area (Å²) in [4.78, 5) is 34.9. The van der Waals surface area contributed by atoms with E-state index in [1.54, 1.807) is 31.2 Å². The van der Waals surface area contributed by atoms with Crippen molar-refractivity contribution in [2.24, 2.45) is 0 Å². The maximum Gasteiger partial charge on any atom is 0.340 e. The molecule has 1 fully saturated rings. The van der Waals surface area contributed by atoms with Crippen molar-refractivity contribution in [1.29, 1.82) is 0 Å². The number of nitrogens with one attached hydrogen (secondary N) is 2. The zero-order chi connectivity index (χ0) is 20.5. The van der Waals surface area contributed by atoms with Crippen LogP contribution in [0.25, 0.3) is 0 Å². The van der Waals surface area contributed by atoms with Crippen molar-refractivity contribution >= 4 is 23.4 Å². The Bertz CT molecular complexity index is 822. The van der Waals surface area contributed by atoms with E-state index in [1.165, 1.54) is 12.4 Å². The fourth-order valence-corrected chi connectivity index (χ4v) is 2.87. The highest BCUT2D eigenvalue weighted by Crippen LogP contribution is 2.20. The first-order chi connectivity index (χ1) is 14.2. The Morgan fingerprint density at radius 2 is 1.97 bits per heavy atom. The molecule has 154 valence electrons. The lowest BCUT2D eigenvalue weighted by Gasteiger charge is -2.26. The summed E-state index contributed by atoms with van der Waals surface area (Å²) >= 11 is 0. The number of carbonyl (C=O) groups is 2. The zero-order valence-corrected chi connectivity index (χ0v) is 16.4. The number of benzene rings is 1. The molecule has 0 atom stereocenters. The minimum atomic E-state index is -0.417. The van der Waals surface area contributed by atoms with Crippen LogP contribution >= 0.6 is 0 Å². The molecule has 0 unspecified atom stereocenters. The molecule has 9 heteroatoms. The van der Waals surface area contributed by atoms with E-state index in [1.807, 2.05) is 0 Å². The third-order valence-electron chi connectivity index (χ3n) is 4.39. The van der Waals surface area contributed by atoms with Gasteiger partial charge in [0.2, 0.25) is 0 Å². The maximum atomic E-state index is 12.2. The lowest BCUT2D eigenvalue weighted by Crippen LogP contribution is -2.41. The molecular weight excluding hydrogens is 374 g/mol. The van der Waals surface area contributed by atoms with Crippen LogP contribution in [0.2, 0.25) is 0 Å². The second-order valence-electron chi connectivity index (χ2n) is 6.39. The second-order valence-corrected chi connectivity index (χ2v) is 6.39. The predicted octanol–water partition coefficient (Wildman–Crippen LogP) is 1.46. The average molecular weight is 399 g/mol. The van der Waals surface area contributed by atoms with Crippen molar-refractivity contribution in [2.45, 2.75) is 6.92 Å². The van der Waals surface area contributed by atoms with Gasteiger partial charge in [-0.25, -0.2) is 14.8 Å². The van der Waals surface area contributed by atoms with Gasteiger partial charge < -0.3 is 20.1 Å². The van der Waals surface area contributed by atoms with Crippen molar-refractivity contribution in [3.05, 3.63) is 47.9 Å². The fourth-order valence-electron chi connectivity index (χ4n) is 2.87. The van der Waals surface area contributed by atoms with Gasteiger partial charge in [0.15, 0.2) is 0 Å². The third kappa shape index (κ3) is 5.97. The van der Waals surface area contributed by atoms with Crippen LogP contribution in [0.1, 0.15) is 27.8 Å². The average Bonchev–Trinajstić information content (AvgIpc) is 2.75. The number of morpholine rings is 1. The lowest BCUT2D eigenvalue weighted by molar-refractivity contribution is 0.0383. The zero-order valence-electron chi connectivity index (χ0n) is 16.4. The quantitative estimate of drug-likeness (QED) is 0.643. The highest BCUT2D eigenvalue weighted by molar-refractivity contribution is 5.96. The Morgan fingerprint density at radius 1 is 1.17 bits per heavy atom. The summed E-state index contributed by atoms with van der Waals surface area (Å²) < 4.78 is 10.4. The van der Waals surface area contributed by atoms with Gasteiger partial charge in [-0.15, -0.1) is 0 Å². The van der Waals surface area contributed by atoms with Crippen molar-refractivity contribution in [1.82, 2.24) is 20.2 Å². The van der Waals surface area contributed by atoms with Crippen LogP contribution in [0.15, 0.2) is 36.7 Å². The summed E-state index contributed by atoms with van der Waals surface area (Å²) in [5.41, 5.74) is 1.19. The van der Waals surface area contributed by atoms with Gasteiger partial charge in [0.25, 0.3) is 5.91 Å². The first-order valence-corrected chi connectivity index (χ1v) is 9.61. The Kier molecular flexibility index (Phi) is 7.48. The monoisotopic (exact) mass is 399 g/mol. The van der Waals surface area contributed by atoms with Crippen molar-refractivity contribution < 1.29 is 19.1 Å². The molecule has 1 aromatic carbocycles. The number of hydrogen-bond acceptors (Lipinski definition) is 8. The molecule has 2 heterocycles. The largest absolute Gasteiger partial charge is 0.462 e. The molecule has 2 aromatic rings.